The van der Waals surface area contributed by atoms with Crippen molar-refractivity contribution in [3.8, 4) is 16.9 Å². The van der Waals surface area contributed by atoms with Crippen molar-refractivity contribution in [1.29, 1.82) is 0 Å². The van der Waals surface area contributed by atoms with Crippen molar-refractivity contribution in [2.75, 3.05) is 32.8 Å². The van der Waals surface area contributed by atoms with E-state index in [1.165, 1.54) is 24.5 Å². The highest BCUT2D eigenvalue weighted by atomic mass is 19.4. The number of alkyl halides is 3. The average Bonchev–Trinajstić information content (AvgIpc) is 2.90. The van der Waals surface area contributed by atoms with E-state index in [2.05, 4.69) is 24.0 Å². The van der Waals surface area contributed by atoms with Gasteiger partial charge in [0.1, 0.15) is 0 Å². The zero-order valence-electron chi connectivity index (χ0n) is 22.9. The summed E-state index contributed by atoms with van der Waals surface area (Å²) < 4.78 is 61.2. The first-order valence-electron chi connectivity index (χ1n) is 14.4. The van der Waals surface area contributed by atoms with E-state index in [0.29, 0.717) is 26.1 Å². The number of hydrogen-bond donors (Lipinski definition) is 1. The number of hydrogen-bond acceptors (Lipinski definition) is 3. The molecule has 2 aromatic carbocycles. The molecule has 0 spiro atoms. The van der Waals surface area contributed by atoms with Crippen molar-refractivity contribution >= 4 is 0 Å². The lowest BCUT2D eigenvalue weighted by Gasteiger charge is -2.47. The van der Waals surface area contributed by atoms with E-state index in [4.69, 9.17) is 4.74 Å². The number of nitrogens with zero attached hydrogens (tertiary/aromatic N) is 1. The van der Waals surface area contributed by atoms with Crippen LogP contribution in [0.4, 0.5) is 17.6 Å². The molecule has 2 aromatic rings. The van der Waals surface area contributed by atoms with Crippen molar-refractivity contribution < 1.29 is 22.3 Å². The van der Waals surface area contributed by atoms with Crippen molar-refractivity contribution in [3.63, 3.8) is 0 Å². The molecular weight excluding hydrogens is 504 g/mol. The molecule has 1 saturated carbocycles. The highest BCUT2D eigenvalue weighted by Crippen LogP contribution is 2.53. The van der Waals surface area contributed by atoms with E-state index in [9.17, 15) is 17.6 Å². The first-order chi connectivity index (χ1) is 18.8. The molecule has 1 aliphatic carbocycles. The Bertz CT molecular complexity index is 1040. The second-order valence-electron chi connectivity index (χ2n) is 11.3. The number of unbranched alkanes of at least 4 members (excludes halogenated alkanes) is 3. The number of piperidine rings is 1. The van der Waals surface area contributed by atoms with Crippen LogP contribution in [0.1, 0.15) is 63.4 Å². The molecule has 0 amide bonds. The van der Waals surface area contributed by atoms with Crippen LogP contribution in [0.2, 0.25) is 0 Å². The Kier molecular flexibility index (Phi) is 10.3. The predicted octanol–water partition coefficient (Wildman–Crippen LogP) is 8.15. The quantitative estimate of drug-likeness (QED) is 0.191. The zero-order chi connectivity index (χ0) is 27.7. The largest absolute Gasteiger partial charge is 0.490 e. The molecular formula is C32H42F4N2O. The van der Waals surface area contributed by atoms with Gasteiger partial charge in [0, 0.05) is 13.1 Å². The van der Waals surface area contributed by atoms with Gasteiger partial charge in [-0.1, -0.05) is 56.2 Å². The third-order valence-corrected chi connectivity index (χ3v) is 8.52. The van der Waals surface area contributed by atoms with E-state index in [1.807, 2.05) is 23.1 Å². The topological polar surface area (TPSA) is 24.5 Å². The van der Waals surface area contributed by atoms with Crippen molar-refractivity contribution in [2.24, 2.45) is 11.3 Å². The van der Waals surface area contributed by atoms with E-state index in [-0.39, 0.29) is 31.1 Å². The molecule has 1 heterocycles. The van der Waals surface area contributed by atoms with Crippen LogP contribution in [0.3, 0.4) is 0 Å². The van der Waals surface area contributed by atoms with Crippen LogP contribution in [0.25, 0.3) is 11.1 Å². The van der Waals surface area contributed by atoms with Crippen LogP contribution in [0.15, 0.2) is 55.2 Å². The van der Waals surface area contributed by atoms with Gasteiger partial charge in [0.25, 0.3) is 0 Å². The lowest BCUT2D eigenvalue weighted by atomic mass is 9.67. The summed E-state index contributed by atoms with van der Waals surface area (Å²) >= 11 is 0. The van der Waals surface area contributed by atoms with Crippen LogP contribution in [-0.4, -0.2) is 43.9 Å². The minimum atomic E-state index is -4.12. The summed E-state index contributed by atoms with van der Waals surface area (Å²) in [5.74, 6) is 0.0588. The molecule has 7 heteroatoms. The number of ether oxygens (including phenoxy) is 1. The predicted molar refractivity (Wildman–Crippen MR) is 149 cm³/mol. The van der Waals surface area contributed by atoms with E-state index in [0.717, 1.165) is 49.8 Å². The summed E-state index contributed by atoms with van der Waals surface area (Å²) in [5, 5.41) is 3.12. The van der Waals surface area contributed by atoms with Crippen LogP contribution < -0.4 is 10.1 Å². The average molecular weight is 547 g/mol. The van der Waals surface area contributed by atoms with Crippen LogP contribution in [0, 0.1) is 17.2 Å². The standard InChI is InChI=1S/C32H42F4N2O/c1-2-37-19-6-4-3-5-8-25-9-11-27(12-10-25)28-13-14-30(29(33)22-28)39-23-26-15-20-38(21-16-26)24-31(17-7-18-31)32(34,35)36/h2,9-14,22,26,37H,1,3-8,15-21,23-24H2. The normalized spacial score (nSPS) is 17.9. The van der Waals surface area contributed by atoms with Crippen LogP contribution in [-0.2, 0) is 6.42 Å². The molecule has 0 aromatic heterocycles. The molecule has 0 atom stereocenters. The Morgan fingerprint density at radius 2 is 1.67 bits per heavy atom. The Labute approximate surface area is 230 Å². The number of likely N-dealkylation sites (tertiary alicyclic amines) is 1. The Morgan fingerprint density at radius 1 is 0.974 bits per heavy atom. The van der Waals surface area contributed by atoms with Gasteiger partial charge in [-0.05, 0) is 99.0 Å². The molecule has 1 aliphatic heterocycles. The first kappa shape index (κ1) is 29.4. The van der Waals surface area contributed by atoms with E-state index in [1.54, 1.807) is 12.3 Å². The maximum absolute atomic E-state index is 14.8. The highest BCUT2D eigenvalue weighted by molar-refractivity contribution is 5.64. The summed E-state index contributed by atoms with van der Waals surface area (Å²) in [6.45, 7) is 6.39. The zero-order valence-corrected chi connectivity index (χ0v) is 22.9. The summed E-state index contributed by atoms with van der Waals surface area (Å²) in [5.41, 5.74) is 1.56. The maximum atomic E-state index is 14.8. The molecule has 1 saturated heterocycles. The van der Waals surface area contributed by atoms with Gasteiger partial charge in [-0.25, -0.2) is 4.39 Å². The number of aryl methyl sites for hydroxylation is 1. The first-order valence-corrected chi connectivity index (χ1v) is 14.4. The van der Waals surface area contributed by atoms with Gasteiger partial charge in [-0.15, -0.1) is 0 Å². The highest BCUT2D eigenvalue weighted by Gasteiger charge is 2.58. The summed E-state index contributed by atoms with van der Waals surface area (Å²) in [6, 6.07) is 13.4. The van der Waals surface area contributed by atoms with Gasteiger partial charge in [-0.3, -0.25) is 0 Å². The summed E-state index contributed by atoms with van der Waals surface area (Å²) in [6.07, 6.45) is 6.05. The minimum absolute atomic E-state index is 0.107. The van der Waals surface area contributed by atoms with Crippen LogP contribution in [0.5, 0.6) is 5.75 Å². The molecule has 4 rings (SSSR count). The fourth-order valence-electron chi connectivity index (χ4n) is 5.75. The molecule has 2 fully saturated rings. The van der Waals surface area contributed by atoms with Crippen LogP contribution >= 0.6 is 0 Å². The molecule has 39 heavy (non-hydrogen) atoms. The Balaban J connectivity index is 1.19. The maximum Gasteiger partial charge on any atom is 0.395 e. The summed E-state index contributed by atoms with van der Waals surface area (Å²) in [7, 11) is 0. The minimum Gasteiger partial charge on any atom is -0.490 e. The van der Waals surface area contributed by atoms with Gasteiger partial charge in [0.2, 0.25) is 0 Å². The number of nitrogens with one attached hydrogen (secondary N) is 1. The van der Waals surface area contributed by atoms with E-state index < -0.39 is 17.4 Å². The molecule has 3 nitrogen and oxygen atoms in total. The van der Waals surface area contributed by atoms with Gasteiger partial charge in [0.15, 0.2) is 11.6 Å². The molecule has 1 N–H and O–H groups in total. The van der Waals surface area contributed by atoms with Gasteiger partial charge >= 0.3 is 6.18 Å². The summed E-state index contributed by atoms with van der Waals surface area (Å²) in [4.78, 5) is 1.95. The fourth-order valence-corrected chi connectivity index (χ4v) is 5.75. The molecule has 2 aliphatic rings. The van der Waals surface area contributed by atoms with Gasteiger partial charge in [0.05, 0.1) is 12.0 Å². The molecule has 0 bridgehead atoms. The third kappa shape index (κ3) is 8.00. The second kappa shape index (κ2) is 13.7. The lowest BCUT2D eigenvalue weighted by molar-refractivity contribution is -0.256. The SMILES string of the molecule is C=CNCCCCCCc1ccc(-c2ccc(OCC3CCN(CC4(C(F)(F)F)CCC4)CC3)c(F)c2)cc1. The van der Waals surface area contributed by atoms with Crippen molar-refractivity contribution in [2.45, 2.75) is 70.4 Å². The fraction of sp³-hybridized carbons (Fsp3) is 0.562. The molecule has 0 unspecified atom stereocenters. The van der Waals surface area contributed by atoms with Crippen molar-refractivity contribution in [3.05, 3.63) is 66.6 Å². The van der Waals surface area contributed by atoms with Gasteiger partial charge < -0.3 is 15.0 Å². The second-order valence-corrected chi connectivity index (χ2v) is 11.3. The third-order valence-electron chi connectivity index (χ3n) is 8.52. The Morgan fingerprint density at radius 3 is 2.28 bits per heavy atom. The van der Waals surface area contributed by atoms with Crippen molar-refractivity contribution in [1.82, 2.24) is 10.2 Å². The Hall–Kier alpha value is -2.54. The number of halogens is 4. The monoisotopic (exact) mass is 546 g/mol. The smallest absolute Gasteiger partial charge is 0.395 e. The molecule has 214 valence electrons. The molecule has 0 radical (unpaired) electrons. The lowest BCUT2D eigenvalue weighted by Crippen LogP contribution is -2.53. The van der Waals surface area contributed by atoms with Gasteiger partial charge in [-0.2, -0.15) is 13.2 Å². The number of benzene rings is 2. The number of rotatable bonds is 14. The van der Waals surface area contributed by atoms with E-state index >= 15 is 0 Å².